The van der Waals surface area contributed by atoms with Crippen molar-refractivity contribution in [1.82, 2.24) is 10.3 Å². The second-order valence-corrected chi connectivity index (χ2v) is 7.56. The number of fused-ring (bicyclic) bond motifs is 1. The number of aromatic nitrogens is 1. The van der Waals surface area contributed by atoms with E-state index >= 15 is 0 Å². The molecule has 0 aliphatic heterocycles. The maximum absolute atomic E-state index is 13.1. The van der Waals surface area contributed by atoms with Crippen LogP contribution in [0.5, 0.6) is 0 Å². The van der Waals surface area contributed by atoms with E-state index in [2.05, 4.69) is 16.4 Å². The van der Waals surface area contributed by atoms with Gasteiger partial charge in [-0.1, -0.05) is 42.5 Å². The van der Waals surface area contributed by atoms with Gasteiger partial charge in [0.2, 0.25) is 0 Å². The van der Waals surface area contributed by atoms with E-state index in [1.807, 2.05) is 30.3 Å². The van der Waals surface area contributed by atoms with E-state index in [0.29, 0.717) is 15.8 Å². The molecule has 5 N–H and O–H groups in total. The van der Waals surface area contributed by atoms with E-state index in [-0.39, 0.29) is 40.2 Å². The van der Waals surface area contributed by atoms with Gasteiger partial charge in [-0.25, -0.2) is 9.37 Å². The number of pyridine rings is 1. The molecule has 8 heteroatoms. The van der Waals surface area contributed by atoms with E-state index in [4.69, 9.17) is 11.5 Å². The second kappa shape index (κ2) is 7.81. The fraction of sp³-hybridized carbons (Fsp3) is 0.0455. The Kier molecular flexibility index (Phi) is 5.04. The van der Waals surface area contributed by atoms with Gasteiger partial charge in [0.15, 0.2) is 0 Å². The molecule has 0 saturated carbocycles. The van der Waals surface area contributed by atoms with E-state index in [1.54, 1.807) is 12.1 Å². The van der Waals surface area contributed by atoms with Crippen molar-refractivity contribution in [3.8, 4) is 17.2 Å². The minimum Gasteiger partial charge on any atom is -0.397 e. The Morgan fingerprint density at radius 1 is 1.13 bits per heavy atom. The summed E-state index contributed by atoms with van der Waals surface area (Å²) in [4.78, 5) is 17.8. The van der Waals surface area contributed by atoms with Gasteiger partial charge in [0, 0.05) is 17.5 Å². The molecule has 0 saturated heterocycles. The average molecular weight is 417 g/mol. The quantitative estimate of drug-likeness (QED) is 0.463. The minimum atomic E-state index is -0.379. The topological polar surface area (TPSA) is 118 Å². The zero-order valence-corrected chi connectivity index (χ0v) is 16.5. The molecule has 0 spiro atoms. The first-order valence-corrected chi connectivity index (χ1v) is 9.81. The smallest absolute Gasteiger partial charge is 0.263 e. The molecular weight excluding hydrogens is 401 g/mol. The van der Waals surface area contributed by atoms with E-state index in [1.165, 1.54) is 12.1 Å². The number of nitrogen functional groups attached to an aromatic ring is 2. The highest BCUT2D eigenvalue weighted by Crippen LogP contribution is 2.42. The molecule has 0 atom stereocenters. The predicted octanol–water partition coefficient (Wildman–Crippen LogP) is 4.07. The highest BCUT2D eigenvalue weighted by atomic mass is 32.1. The summed E-state index contributed by atoms with van der Waals surface area (Å²) >= 11 is 1.11. The van der Waals surface area contributed by atoms with Crippen molar-refractivity contribution >= 4 is 39.0 Å². The lowest BCUT2D eigenvalue weighted by atomic mass is 9.97. The number of halogens is 1. The van der Waals surface area contributed by atoms with Crippen LogP contribution in [0.25, 0.3) is 21.3 Å². The number of rotatable bonds is 4. The number of anilines is 2. The predicted molar refractivity (Wildman–Crippen MR) is 116 cm³/mol. The Hall–Kier alpha value is -3.96. The highest BCUT2D eigenvalue weighted by Gasteiger charge is 2.24. The van der Waals surface area contributed by atoms with Crippen molar-refractivity contribution in [3.63, 3.8) is 0 Å². The van der Waals surface area contributed by atoms with E-state index in [0.717, 1.165) is 22.5 Å². The Balaban J connectivity index is 1.77. The summed E-state index contributed by atoms with van der Waals surface area (Å²) in [6, 6.07) is 17.2. The number of carbonyl (C=O) groups excluding carboxylic acids is 1. The van der Waals surface area contributed by atoms with Crippen LogP contribution in [-0.2, 0) is 6.54 Å². The van der Waals surface area contributed by atoms with Crippen LogP contribution < -0.4 is 16.8 Å². The van der Waals surface area contributed by atoms with Gasteiger partial charge in [0.1, 0.15) is 33.0 Å². The lowest BCUT2D eigenvalue weighted by Crippen LogP contribution is -2.22. The van der Waals surface area contributed by atoms with Crippen LogP contribution in [0.2, 0.25) is 0 Å². The Labute approximate surface area is 175 Å². The molecule has 4 rings (SSSR count). The maximum Gasteiger partial charge on any atom is 0.263 e. The number of benzene rings is 2. The van der Waals surface area contributed by atoms with Gasteiger partial charge in [-0.2, -0.15) is 5.26 Å². The molecular formula is C22H16FN5OS. The third-order valence-corrected chi connectivity index (χ3v) is 5.75. The maximum atomic E-state index is 13.1. The number of thiophene rings is 1. The van der Waals surface area contributed by atoms with Crippen LogP contribution in [0.3, 0.4) is 0 Å². The monoisotopic (exact) mass is 417 g/mol. The summed E-state index contributed by atoms with van der Waals surface area (Å²) in [5, 5.41) is 13.0. The van der Waals surface area contributed by atoms with Crippen molar-refractivity contribution in [2.45, 2.75) is 6.54 Å². The van der Waals surface area contributed by atoms with Crippen LogP contribution in [0.15, 0.2) is 54.6 Å². The summed E-state index contributed by atoms with van der Waals surface area (Å²) in [5.41, 5.74) is 14.9. The first-order chi connectivity index (χ1) is 14.5. The van der Waals surface area contributed by atoms with Crippen molar-refractivity contribution in [3.05, 3.63) is 76.4 Å². The van der Waals surface area contributed by atoms with Crippen molar-refractivity contribution < 1.29 is 9.18 Å². The largest absolute Gasteiger partial charge is 0.397 e. The van der Waals surface area contributed by atoms with Crippen molar-refractivity contribution in [1.29, 1.82) is 5.26 Å². The molecule has 0 fully saturated rings. The summed E-state index contributed by atoms with van der Waals surface area (Å²) in [6.45, 7) is 0.220. The summed E-state index contributed by atoms with van der Waals surface area (Å²) in [5.74, 6) is -0.636. The fourth-order valence-electron chi connectivity index (χ4n) is 3.21. The van der Waals surface area contributed by atoms with Crippen molar-refractivity contribution in [2.75, 3.05) is 11.5 Å². The van der Waals surface area contributed by atoms with Crippen LogP contribution >= 0.6 is 11.3 Å². The third kappa shape index (κ3) is 3.43. The molecule has 30 heavy (non-hydrogen) atoms. The summed E-state index contributed by atoms with van der Waals surface area (Å²) in [7, 11) is 0. The van der Waals surface area contributed by atoms with Crippen molar-refractivity contribution in [2.24, 2.45) is 0 Å². The number of nitriles is 1. The molecule has 0 unspecified atom stereocenters. The van der Waals surface area contributed by atoms with Crippen LogP contribution in [0, 0.1) is 17.1 Å². The first-order valence-electron chi connectivity index (χ1n) is 8.99. The number of nitrogens with one attached hydrogen (secondary N) is 1. The van der Waals surface area contributed by atoms with E-state index in [9.17, 15) is 14.4 Å². The van der Waals surface area contributed by atoms with Crippen LogP contribution in [0.1, 0.15) is 20.8 Å². The standard InChI is InChI=1S/C22H16FN5OS/c23-14-8-6-12(7-9-14)11-27-21(29)19-18(25)17-16(13-4-2-1-3-5-13)15(10-24)20(26)28-22(17)30-19/h1-9H,11,25H2,(H2,26,28)(H,27,29). The number of nitrogens with zero attached hydrogens (tertiary/aromatic N) is 2. The lowest BCUT2D eigenvalue weighted by molar-refractivity contribution is 0.0956. The zero-order chi connectivity index (χ0) is 21.3. The van der Waals surface area contributed by atoms with Crippen LogP contribution in [-0.4, -0.2) is 10.9 Å². The number of hydrogen-bond acceptors (Lipinski definition) is 6. The van der Waals surface area contributed by atoms with E-state index < -0.39 is 0 Å². The van der Waals surface area contributed by atoms with Gasteiger partial charge in [0.05, 0.1) is 5.69 Å². The molecule has 4 aromatic rings. The molecule has 0 aliphatic rings. The second-order valence-electron chi connectivity index (χ2n) is 6.56. The number of carbonyl (C=O) groups is 1. The molecule has 0 radical (unpaired) electrons. The highest BCUT2D eigenvalue weighted by molar-refractivity contribution is 7.21. The zero-order valence-electron chi connectivity index (χ0n) is 15.6. The van der Waals surface area contributed by atoms with Gasteiger partial charge >= 0.3 is 0 Å². The number of nitrogens with two attached hydrogens (primary N) is 2. The Bertz CT molecular complexity index is 1290. The lowest BCUT2D eigenvalue weighted by Gasteiger charge is -2.09. The SMILES string of the molecule is N#Cc1c(N)nc2sc(C(=O)NCc3ccc(F)cc3)c(N)c2c1-c1ccccc1. The molecule has 148 valence electrons. The van der Waals surface area contributed by atoms with Gasteiger partial charge in [0.25, 0.3) is 5.91 Å². The fourth-order valence-corrected chi connectivity index (χ4v) is 4.24. The average Bonchev–Trinajstić information content (AvgIpc) is 3.08. The first kappa shape index (κ1) is 19.4. The molecule has 0 aliphatic carbocycles. The molecule has 1 amide bonds. The van der Waals surface area contributed by atoms with Gasteiger partial charge in [-0.15, -0.1) is 11.3 Å². The summed E-state index contributed by atoms with van der Waals surface area (Å²) in [6.07, 6.45) is 0. The molecule has 0 bridgehead atoms. The number of hydrogen-bond donors (Lipinski definition) is 3. The van der Waals surface area contributed by atoms with Crippen LogP contribution in [0.4, 0.5) is 15.9 Å². The summed E-state index contributed by atoms with van der Waals surface area (Å²) < 4.78 is 13.1. The van der Waals surface area contributed by atoms with Gasteiger partial charge in [-0.05, 0) is 23.3 Å². The molecule has 2 heterocycles. The molecule has 2 aromatic carbocycles. The van der Waals surface area contributed by atoms with Gasteiger partial charge in [-0.3, -0.25) is 4.79 Å². The Morgan fingerprint density at radius 3 is 2.50 bits per heavy atom. The number of amides is 1. The third-order valence-electron chi connectivity index (χ3n) is 4.65. The van der Waals surface area contributed by atoms with Gasteiger partial charge < -0.3 is 16.8 Å². The Morgan fingerprint density at radius 2 is 1.83 bits per heavy atom. The normalized spacial score (nSPS) is 10.7. The minimum absolute atomic E-state index is 0.0865. The molecule has 2 aromatic heterocycles. The molecule has 6 nitrogen and oxygen atoms in total.